The predicted octanol–water partition coefficient (Wildman–Crippen LogP) is 1.08. The third-order valence-corrected chi connectivity index (χ3v) is 3.19. The fraction of sp³-hybridized carbons (Fsp3) is 0.750. The fourth-order valence-electron chi connectivity index (χ4n) is 2.34. The molecule has 1 fully saturated rings. The maximum absolute atomic E-state index is 10.5. The molecule has 98 valence electrons. The molecule has 17 heavy (non-hydrogen) atoms. The van der Waals surface area contributed by atoms with Gasteiger partial charge in [0, 0.05) is 27.4 Å². The van der Waals surface area contributed by atoms with Crippen molar-refractivity contribution in [3.63, 3.8) is 0 Å². The molecule has 0 aromatic rings. The molecule has 1 rings (SSSR count). The molecule has 0 heterocycles. The first kappa shape index (κ1) is 14.2. The van der Waals surface area contributed by atoms with Crippen molar-refractivity contribution in [2.45, 2.75) is 31.2 Å². The van der Waals surface area contributed by atoms with E-state index in [1.807, 2.05) is 0 Å². The number of hydrogen-bond donors (Lipinski definition) is 1. The predicted molar refractivity (Wildman–Crippen MR) is 61.9 cm³/mol. The lowest BCUT2D eigenvalue weighted by molar-refractivity contribution is -0.136. The molecule has 1 N–H and O–H groups in total. The van der Waals surface area contributed by atoms with Crippen molar-refractivity contribution in [1.29, 1.82) is 0 Å². The summed E-state index contributed by atoms with van der Waals surface area (Å²) in [5.41, 5.74) is 0. The van der Waals surface area contributed by atoms with E-state index in [4.69, 9.17) is 19.3 Å². The van der Waals surface area contributed by atoms with Crippen LogP contribution in [0.15, 0.2) is 12.2 Å². The highest BCUT2D eigenvalue weighted by atomic mass is 16.6. The molecule has 0 aromatic carbocycles. The Balaban J connectivity index is 2.70. The Morgan fingerprint density at radius 2 is 1.65 bits per heavy atom. The van der Waals surface area contributed by atoms with Crippen LogP contribution in [0.5, 0.6) is 0 Å². The summed E-state index contributed by atoms with van der Waals surface area (Å²) in [6.45, 7) is 0. The standard InChI is InChI=1S/C12H20O5/c1-15-9-6-8(4-5-11(13)14)7-10(16-2)12(9)17-3/h4-5,8-10,12H,6-7H2,1-3H3,(H,13,14)/b5-4+. The van der Waals surface area contributed by atoms with E-state index in [0.29, 0.717) is 0 Å². The Labute approximate surface area is 101 Å². The summed E-state index contributed by atoms with van der Waals surface area (Å²) in [7, 11) is 4.90. The number of carboxylic acids is 1. The number of aliphatic carboxylic acids is 1. The zero-order chi connectivity index (χ0) is 12.8. The SMILES string of the molecule is COC1CC(/C=C/C(=O)O)CC(OC)C1OC. The summed E-state index contributed by atoms with van der Waals surface area (Å²) in [4.78, 5) is 10.5. The average molecular weight is 244 g/mol. The molecule has 0 aliphatic heterocycles. The number of carboxylic acid groups (broad SMARTS) is 1. The van der Waals surface area contributed by atoms with Gasteiger partial charge in [-0.1, -0.05) is 6.08 Å². The molecule has 1 aliphatic rings. The second-order valence-corrected chi connectivity index (χ2v) is 4.18. The van der Waals surface area contributed by atoms with E-state index in [2.05, 4.69) is 0 Å². The molecule has 0 saturated heterocycles. The summed E-state index contributed by atoms with van der Waals surface area (Å²) >= 11 is 0. The third kappa shape index (κ3) is 3.80. The van der Waals surface area contributed by atoms with Crippen LogP contribution in [-0.4, -0.2) is 50.7 Å². The summed E-state index contributed by atoms with van der Waals surface area (Å²) in [5, 5.41) is 8.61. The zero-order valence-corrected chi connectivity index (χ0v) is 10.5. The van der Waals surface area contributed by atoms with Gasteiger partial charge in [0.2, 0.25) is 0 Å². The minimum Gasteiger partial charge on any atom is -0.478 e. The Bertz CT molecular complexity index is 262. The number of carbonyl (C=O) groups is 1. The number of allylic oxidation sites excluding steroid dienone is 1. The topological polar surface area (TPSA) is 65.0 Å². The normalized spacial score (nSPS) is 34.1. The maximum atomic E-state index is 10.5. The first-order chi connectivity index (χ1) is 8.12. The number of ether oxygens (including phenoxy) is 3. The van der Waals surface area contributed by atoms with Gasteiger partial charge in [-0.25, -0.2) is 4.79 Å². The lowest BCUT2D eigenvalue weighted by Crippen LogP contribution is -2.47. The van der Waals surface area contributed by atoms with Gasteiger partial charge in [-0.15, -0.1) is 0 Å². The van der Waals surface area contributed by atoms with Crippen LogP contribution in [0.4, 0.5) is 0 Å². The Morgan fingerprint density at radius 3 is 2.00 bits per heavy atom. The Hall–Kier alpha value is -0.910. The zero-order valence-electron chi connectivity index (χ0n) is 10.5. The minimum absolute atomic E-state index is 0.0675. The lowest BCUT2D eigenvalue weighted by Gasteiger charge is -2.38. The number of rotatable bonds is 5. The van der Waals surface area contributed by atoms with E-state index in [1.165, 1.54) is 6.08 Å². The van der Waals surface area contributed by atoms with E-state index < -0.39 is 5.97 Å². The molecular weight excluding hydrogens is 224 g/mol. The van der Waals surface area contributed by atoms with Crippen LogP contribution in [0.3, 0.4) is 0 Å². The lowest BCUT2D eigenvalue weighted by atomic mass is 9.82. The Kier molecular flexibility index (Phi) is 5.61. The highest BCUT2D eigenvalue weighted by Crippen LogP contribution is 2.30. The molecule has 0 bridgehead atoms. The minimum atomic E-state index is -0.929. The van der Waals surface area contributed by atoms with Gasteiger partial charge >= 0.3 is 5.97 Å². The van der Waals surface area contributed by atoms with E-state index in [-0.39, 0.29) is 24.2 Å². The van der Waals surface area contributed by atoms with Crippen molar-refractivity contribution in [3.8, 4) is 0 Å². The van der Waals surface area contributed by atoms with Gasteiger partial charge in [0.25, 0.3) is 0 Å². The highest BCUT2D eigenvalue weighted by Gasteiger charge is 2.37. The average Bonchev–Trinajstić information content (AvgIpc) is 2.34. The third-order valence-electron chi connectivity index (χ3n) is 3.19. The Morgan fingerprint density at radius 1 is 1.12 bits per heavy atom. The van der Waals surface area contributed by atoms with Crippen LogP contribution < -0.4 is 0 Å². The van der Waals surface area contributed by atoms with Crippen LogP contribution >= 0.6 is 0 Å². The van der Waals surface area contributed by atoms with Crippen LogP contribution in [0, 0.1) is 5.92 Å². The number of hydrogen-bond acceptors (Lipinski definition) is 4. The van der Waals surface area contributed by atoms with E-state index in [1.54, 1.807) is 27.4 Å². The van der Waals surface area contributed by atoms with Gasteiger partial charge in [0.1, 0.15) is 6.10 Å². The fourth-order valence-corrected chi connectivity index (χ4v) is 2.34. The van der Waals surface area contributed by atoms with Crippen LogP contribution in [-0.2, 0) is 19.0 Å². The second kappa shape index (κ2) is 6.74. The van der Waals surface area contributed by atoms with Crippen LogP contribution in [0.1, 0.15) is 12.8 Å². The first-order valence-electron chi connectivity index (χ1n) is 5.61. The maximum Gasteiger partial charge on any atom is 0.327 e. The quantitative estimate of drug-likeness (QED) is 0.733. The molecule has 5 heteroatoms. The summed E-state index contributed by atoms with van der Waals surface area (Å²) in [6.07, 6.45) is 4.14. The molecule has 2 atom stereocenters. The molecule has 1 aliphatic carbocycles. The van der Waals surface area contributed by atoms with Crippen LogP contribution in [0.2, 0.25) is 0 Å². The smallest absolute Gasteiger partial charge is 0.327 e. The molecule has 1 saturated carbocycles. The van der Waals surface area contributed by atoms with Crippen molar-refractivity contribution in [3.05, 3.63) is 12.2 Å². The van der Waals surface area contributed by atoms with Crippen molar-refractivity contribution < 1.29 is 24.1 Å². The molecule has 0 spiro atoms. The van der Waals surface area contributed by atoms with Crippen molar-refractivity contribution in [1.82, 2.24) is 0 Å². The molecule has 0 radical (unpaired) electrons. The molecule has 0 aromatic heterocycles. The van der Waals surface area contributed by atoms with Crippen molar-refractivity contribution >= 4 is 5.97 Å². The second-order valence-electron chi connectivity index (χ2n) is 4.18. The molecule has 0 amide bonds. The van der Waals surface area contributed by atoms with Crippen molar-refractivity contribution in [2.24, 2.45) is 5.92 Å². The first-order valence-corrected chi connectivity index (χ1v) is 5.61. The van der Waals surface area contributed by atoms with Gasteiger partial charge in [-0.05, 0) is 18.8 Å². The van der Waals surface area contributed by atoms with Crippen LogP contribution in [0.25, 0.3) is 0 Å². The van der Waals surface area contributed by atoms with E-state index >= 15 is 0 Å². The largest absolute Gasteiger partial charge is 0.478 e. The van der Waals surface area contributed by atoms with E-state index in [0.717, 1.165) is 12.8 Å². The van der Waals surface area contributed by atoms with Gasteiger partial charge in [0.05, 0.1) is 12.2 Å². The van der Waals surface area contributed by atoms with Crippen molar-refractivity contribution in [2.75, 3.05) is 21.3 Å². The van der Waals surface area contributed by atoms with Gasteiger partial charge in [-0.3, -0.25) is 0 Å². The highest BCUT2D eigenvalue weighted by molar-refractivity contribution is 5.79. The summed E-state index contributed by atoms with van der Waals surface area (Å²) < 4.78 is 16.1. The number of methoxy groups -OCH3 is 3. The molecular formula is C12H20O5. The summed E-state index contributed by atoms with van der Waals surface area (Å²) in [5.74, 6) is -0.783. The molecule has 2 unspecified atom stereocenters. The van der Waals surface area contributed by atoms with E-state index in [9.17, 15) is 4.79 Å². The van der Waals surface area contributed by atoms with Gasteiger partial charge in [-0.2, -0.15) is 0 Å². The van der Waals surface area contributed by atoms with Gasteiger partial charge in [0.15, 0.2) is 0 Å². The monoisotopic (exact) mass is 244 g/mol. The van der Waals surface area contributed by atoms with Gasteiger partial charge < -0.3 is 19.3 Å². The summed E-state index contributed by atoms with van der Waals surface area (Å²) in [6, 6.07) is 0. The molecule has 5 nitrogen and oxygen atoms in total.